The van der Waals surface area contributed by atoms with Crippen molar-refractivity contribution in [1.29, 1.82) is 0 Å². The molecule has 0 radical (unpaired) electrons. The first-order valence-corrected chi connectivity index (χ1v) is 10.7. The standard InChI is InChI=1S/C26H22FN5O2/c1-2-32-17-21(26(34)31-29-16-19-11-7-4-8-12-19)25(33)20-13-22(27)23(14-24(20)32)30-28-15-18-9-5-3-6-10-18/h3-17,30H,2H2,1H3,(H,31,34)/b28-15+,29-16+. The average Bonchev–Trinajstić information content (AvgIpc) is 2.86. The largest absolute Gasteiger partial charge is 0.347 e. The van der Waals surface area contributed by atoms with Gasteiger partial charge in [-0.1, -0.05) is 60.7 Å². The summed E-state index contributed by atoms with van der Waals surface area (Å²) in [5.74, 6) is -1.33. The molecule has 0 bridgehead atoms. The van der Waals surface area contributed by atoms with Gasteiger partial charge in [0.15, 0.2) is 0 Å². The number of nitrogens with zero attached hydrogens (tertiary/aromatic N) is 3. The highest BCUT2D eigenvalue weighted by atomic mass is 19.1. The van der Waals surface area contributed by atoms with Crippen LogP contribution in [0.1, 0.15) is 28.4 Å². The molecule has 3 aromatic carbocycles. The van der Waals surface area contributed by atoms with Crippen LogP contribution in [0.3, 0.4) is 0 Å². The Morgan fingerprint density at radius 1 is 0.971 bits per heavy atom. The van der Waals surface area contributed by atoms with Crippen LogP contribution in [0.2, 0.25) is 0 Å². The Kier molecular flexibility index (Phi) is 6.88. The Bertz CT molecular complexity index is 1430. The molecule has 0 spiro atoms. The maximum Gasteiger partial charge on any atom is 0.276 e. The lowest BCUT2D eigenvalue weighted by atomic mass is 10.1. The summed E-state index contributed by atoms with van der Waals surface area (Å²) in [4.78, 5) is 25.6. The maximum absolute atomic E-state index is 14.8. The quantitative estimate of drug-likeness (QED) is 0.320. The van der Waals surface area contributed by atoms with Gasteiger partial charge in [-0.25, -0.2) is 9.82 Å². The van der Waals surface area contributed by atoms with Crippen LogP contribution >= 0.6 is 0 Å². The van der Waals surface area contributed by atoms with Gasteiger partial charge in [0, 0.05) is 18.1 Å². The second-order valence-corrected chi connectivity index (χ2v) is 7.40. The summed E-state index contributed by atoms with van der Waals surface area (Å²) in [6.07, 6.45) is 4.50. The number of hydrogen-bond acceptors (Lipinski definition) is 5. The summed E-state index contributed by atoms with van der Waals surface area (Å²) >= 11 is 0. The fraction of sp³-hybridized carbons (Fsp3) is 0.0769. The van der Waals surface area contributed by atoms with Crippen LogP contribution in [0.5, 0.6) is 0 Å². The topological polar surface area (TPSA) is 87.8 Å². The van der Waals surface area contributed by atoms with Crippen LogP contribution in [0, 0.1) is 5.82 Å². The monoisotopic (exact) mass is 455 g/mol. The lowest BCUT2D eigenvalue weighted by molar-refractivity contribution is 0.0953. The molecule has 7 nitrogen and oxygen atoms in total. The predicted molar refractivity (Wildman–Crippen MR) is 133 cm³/mol. The van der Waals surface area contributed by atoms with Gasteiger partial charge in [-0.05, 0) is 30.2 Å². The van der Waals surface area contributed by atoms with E-state index < -0.39 is 17.2 Å². The van der Waals surface area contributed by atoms with Crippen molar-refractivity contribution in [3.63, 3.8) is 0 Å². The average molecular weight is 455 g/mol. The number of amides is 1. The number of aromatic nitrogens is 1. The van der Waals surface area contributed by atoms with Crippen molar-refractivity contribution >= 4 is 34.9 Å². The van der Waals surface area contributed by atoms with Crippen LogP contribution in [0.4, 0.5) is 10.1 Å². The number of carbonyl (C=O) groups excluding carboxylic acids is 1. The number of hydrogen-bond donors (Lipinski definition) is 2. The van der Waals surface area contributed by atoms with Crippen molar-refractivity contribution in [3.05, 3.63) is 112 Å². The first kappa shape index (κ1) is 22.6. The minimum Gasteiger partial charge on any atom is -0.347 e. The van der Waals surface area contributed by atoms with Gasteiger partial charge in [-0.15, -0.1) is 0 Å². The molecule has 0 aliphatic heterocycles. The number of anilines is 1. The number of hydrazone groups is 2. The molecular formula is C26H22FN5O2. The Morgan fingerprint density at radius 2 is 1.59 bits per heavy atom. The number of pyridine rings is 1. The van der Waals surface area contributed by atoms with E-state index in [2.05, 4.69) is 21.1 Å². The molecule has 170 valence electrons. The van der Waals surface area contributed by atoms with Crippen molar-refractivity contribution in [3.8, 4) is 0 Å². The van der Waals surface area contributed by atoms with Gasteiger partial charge >= 0.3 is 0 Å². The molecule has 0 fully saturated rings. The minimum absolute atomic E-state index is 0.0941. The van der Waals surface area contributed by atoms with E-state index in [1.54, 1.807) is 10.8 Å². The SMILES string of the molecule is CCn1cc(C(=O)N/N=C/c2ccccc2)c(=O)c2cc(F)c(N/N=C/c3ccccc3)cc21. The summed E-state index contributed by atoms with van der Waals surface area (Å²) in [6, 6.07) is 21.2. The maximum atomic E-state index is 14.8. The zero-order chi connectivity index (χ0) is 23.9. The summed E-state index contributed by atoms with van der Waals surface area (Å²) in [7, 11) is 0. The molecule has 4 rings (SSSR count). The summed E-state index contributed by atoms with van der Waals surface area (Å²) in [5, 5.41) is 8.09. The first-order chi connectivity index (χ1) is 16.6. The lowest BCUT2D eigenvalue weighted by Crippen LogP contribution is -2.27. The van der Waals surface area contributed by atoms with E-state index in [9.17, 15) is 14.0 Å². The lowest BCUT2D eigenvalue weighted by Gasteiger charge is -2.13. The van der Waals surface area contributed by atoms with E-state index in [1.807, 2.05) is 67.6 Å². The number of aryl methyl sites for hydroxylation is 1. The van der Waals surface area contributed by atoms with Crippen molar-refractivity contribution in [1.82, 2.24) is 9.99 Å². The Balaban J connectivity index is 1.62. The molecule has 34 heavy (non-hydrogen) atoms. The highest BCUT2D eigenvalue weighted by molar-refractivity contribution is 5.98. The van der Waals surface area contributed by atoms with Crippen LogP contribution in [0.15, 0.2) is 94.0 Å². The van der Waals surface area contributed by atoms with Gasteiger partial charge in [-0.2, -0.15) is 10.2 Å². The predicted octanol–water partition coefficient (Wildman–Crippen LogP) is 4.37. The number of benzene rings is 3. The molecule has 1 amide bonds. The zero-order valence-electron chi connectivity index (χ0n) is 18.4. The van der Waals surface area contributed by atoms with Crippen LogP contribution in [-0.2, 0) is 6.54 Å². The van der Waals surface area contributed by atoms with E-state index in [0.717, 1.165) is 17.2 Å². The molecule has 0 saturated heterocycles. The van der Waals surface area contributed by atoms with Crippen molar-refractivity contribution < 1.29 is 9.18 Å². The molecule has 1 heterocycles. The first-order valence-electron chi connectivity index (χ1n) is 10.7. The van der Waals surface area contributed by atoms with Crippen molar-refractivity contribution in [2.24, 2.45) is 10.2 Å². The molecule has 0 atom stereocenters. The molecule has 2 N–H and O–H groups in total. The van der Waals surface area contributed by atoms with Gasteiger partial charge in [0.25, 0.3) is 5.91 Å². The molecule has 1 aromatic heterocycles. The second-order valence-electron chi connectivity index (χ2n) is 7.40. The third kappa shape index (κ3) is 5.07. The van der Waals surface area contributed by atoms with Crippen molar-refractivity contribution in [2.75, 3.05) is 5.43 Å². The van der Waals surface area contributed by atoms with Crippen LogP contribution in [0.25, 0.3) is 10.9 Å². The van der Waals surface area contributed by atoms with E-state index in [0.29, 0.717) is 12.1 Å². The molecule has 0 unspecified atom stereocenters. The van der Waals surface area contributed by atoms with Gasteiger partial charge in [0.1, 0.15) is 11.4 Å². The number of nitrogens with one attached hydrogen (secondary N) is 2. The summed E-state index contributed by atoms with van der Waals surface area (Å²) in [6.45, 7) is 2.33. The Labute approximate surface area is 195 Å². The number of halogens is 1. The smallest absolute Gasteiger partial charge is 0.276 e. The van der Waals surface area contributed by atoms with Gasteiger partial charge in [0.2, 0.25) is 5.43 Å². The number of fused-ring (bicyclic) bond motifs is 1. The van der Waals surface area contributed by atoms with Gasteiger partial charge < -0.3 is 4.57 Å². The third-order valence-corrected chi connectivity index (χ3v) is 5.13. The third-order valence-electron chi connectivity index (χ3n) is 5.13. The normalized spacial score (nSPS) is 11.4. The molecule has 4 aromatic rings. The zero-order valence-corrected chi connectivity index (χ0v) is 18.4. The Hall–Kier alpha value is -4.59. The molecule has 0 aliphatic carbocycles. The van der Waals surface area contributed by atoms with E-state index in [1.165, 1.54) is 18.5 Å². The number of rotatable bonds is 7. The second kappa shape index (κ2) is 10.4. The number of carbonyl (C=O) groups is 1. The molecule has 0 aliphatic rings. The molecule has 8 heteroatoms. The minimum atomic E-state index is -0.670. The van der Waals surface area contributed by atoms with Gasteiger partial charge in [0.05, 0.1) is 23.6 Å². The summed E-state index contributed by atoms with van der Waals surface area (Å²) < 4.78 is 16.5. The van der Waals surface area contributed by atoms with Gasteiger partial charge in [-0.3, -0.25) is 15.0 Å². The fourth-order valence-corrected chi connectivity index (χ4v) is 3.40. The highest BCUT2D eigenvalue weighted by Crippen LogP contribution is 2.22. The molecule has 0 saturated carbocycles. The van der Waals surface area contributed by atoms with Crippen LogP contribution < -0.4 is 16.3 Å². The van der Waals surface area contributed by atoms with E-state index in [4.69, 9.17) is 0 Å². The van der Waals surface area contributed by atoms with E-state index in [-0.39, 0.29) is 16.6 Å². The van der Waals surface area contributed by atoms with E-state index >= 15 is 0 Å². The highest BCUT2D eigenvalue weighted by Gasteiger charge is 2.17. The molecular weight excluding hydrogens is 433 g/mol. The van der Waals surface area contributed by atoms with Crippen molar-refractivity contribution in [2.45, 2.75) is 13.5 Å². The Morgan fingerprint density at radius 3 is 2.21 bits per heavy atom. The fourth-order valence-electron chi connectivity index (χ4n) is 3.40. The summed E-state index contributed by atoms with van der Waals surface area (Å²) in [5.41, 5.74) is 6.60. The van der Waals surface area contributed by atoms with Crippen LogP contribution in [-0.4, -0.2) is 22.9 Å².